The summed E-state index contributed by atoms with van der Waals surface area (Å²) >= 11 is 0. The van der Waals surface area contributed by atoms with Crippen LogP contribution in [-0.4, -0.2) is 25.5 Å². The molecule has 0 saturated carbocycles. The summed E-state index contributed by atoms with van der Waals surface area (Å²) in [5.41, 5.74) is 13.2. The van der Waals surface area contributed by atoms with Crippen LogP contribution >= 0.6 is 24.8 Å². The molecule has 1 N–H and O–H groups in total. The van der Waals surface area contributed by atoms with E-state index in [1.165, 1.54) is 22.3 Å². The maximum Gasteiger partial charge on any atom is 2.00 e. The van der Waals surface area contributed by atoms with E-state index in [9.17, 15) is 0 Å². The second-order valence-corrected chi connectivity index (χ2v) is 6.09. The molecular weight excluding hydrogens is 411 g/mol. The Morgan fingerprint density at radius 2 is 1.56 bits per heavy atom. The molecule has 1 aliphatic carbocycles. The van der Waals surface area contributed by atoms with Gasteiger partial charge in [-0.1, -0.05) is 61.0 Å². The molecule has 0 unspecified atom stereocenters. The summed E-state index contributed by atoms with van der Waals surface area (Å²) in [6, 6.07) is 17.7. The van der Waals surface area contributed by atoms with Gasteiger partial charge in [-0.2, -0.15) is 18.1 Å². The van der Waals surface area contributed by atoms with Crippen LogP contribution in [0.3, 0.4) is 0 Å². The number of likely N-dealkylation sites (N-methyl/N-ethyl adjacent to an activating group) is 1. The number of allylic oxidation sites excluding steroid dienone is 2. The summed E-state index contributed by atoms with van der Waals surface area (Å²) in [6.07, 6.45) is 7.78. The zero-order chi connectivity index (χ0) is 17.4. The number of halogens is 2. The first-order valence-electron chi connectivity index (χ1n) is 8.30. The van der Waals surface area contributed by atoms with Crippen molar-refractivity contribution in [1.82, 2.24) is 4.90 Å². The van der Waals surface area contributed by atoms with E-state index in [-0.39, 0.29) is 46.5 Å². The van der Waals surface area contributed by atoms with Gasteiger partial charge in [0.05, 0.1) is 0 Å². The Morgan fingerprint density at radius 3 is 2.07 bits per heavy atom. The SMILES string of the molecule is C[CH-]c1ccccc1C1=C(CN(C)C)C=CC1.Cl.Cl.[NH-]c1ccccc1.[Ti+2]. The van der Waals surface area contributed by atoms with E-state index in [4.69, 9.17) is 5.73 Å². The number of rotatable bonds is 4. The van der Waals surface area contributed by atoms with Gasteiger partial charge in [0.15, 0.2) is 0 Å². The van der Waals surface area contributed by atoms with Crippen LogP contribution in [0.4, 0.5) is 5.69 Å². The molecule has 0 aromatic heterocycles. The molecule has 0 radical (unpaired) electrons. The molecule has 2 nitrogen and oxygen atoms in total. The van der Waals surface area contributed by atoms with Gasteiger partial charge < -0.3 is 10.6 Å². The first-order chi connectivity index (χ1) is 11.6. The number of nitrogens with zero attached hydrogens (tertiary/aromatic N) is 1. The Hall–Kier alpha value is -1.16. The largest absolute Gasteiger partial charge is 2.00 e. The molecule has 2 aromatic rings. The van der Waals surface area contributed by atoms with Gasteiger partial charge in [0.2, 0.25) is 0 Å². The van der Waals surface area contributed by atoms with Crippen molar-refractivity contribution < 1.29 is 21.7 Å². The van der Waals surface area contributed by atoms with E-state index >= 15 is 0 Å². The van der Waals surface area contributed by atoms with Gasteiger partial charge in [-0.05, 0) is 26.1 Å². The fourth-order valence-corrected chi connectivity index (χ4v) is 2.78. The third-order valence-electron chi connectivity index (χ3n) is 3.89. The zero-order valence-corrected chi connectivity index (χ0v) is 19.3. The maximum atomic E-state index is 7.00. The van der Waals surface area contributed by atoms with E-state index in [0.29, 0.717) is 5.69 Å². The molecule has 3 rings (SSSR count). The van der Waals surface area contributed by atoms with Gasteiger partial charge in [-0.3, -0.25) is 0 Å². The molecule has 0 aliphatic heterocycles. The number of hydrogen-bond donors (Lipinski definition) is 0. The normalized spacial score (nSPS) is 11.6. The van der Waals surface area contributed by atoms with E-state index in [1.807, 2.05) is 18.2 Å². The predicted octanol–water partition coefficient (Wildman–Crippen LogP) is 6.75. The van der Waals surface area contributed by atoms with Crippen molar-refractivity contribution in [2.24, 2.45) is 0 Å². The van der Waals surface area contributed by atoms with Gasteiger partial charge in [0, 0.05) is 6.54 Å². The standard InChI is InChI=1S/C16H20N.C6H6N.2ClH.Ti/c1-4-13-8-5-6-10-15(13)16-11-7-9-14(16)12-17(2)3;7-6-4-2-1-3-5-6;;;/h4-10H,11-12H2,1-3H3;1-5,7H;2*1H;/q2*-1;;;+2. The molecule has 0 fully saturated rings. The molecule has 0 amide bonds. The van der Waals surface area contributed by atoms with Crippen molar-refractivity contribution in [2.75, 3.05) is 20.6 Å². The van der Waals surface area contributed by atoms with Crippen LogP contribution < -0.4 is 0 Å². The van der Waals surface area contributed by atoms with Gasteiger partial charge >= 0.3 is 21.7 Å². The first kappa shape index (κ1) is 28.1. The molecule has 144 valence electrons. The maximum absolute atomic E-state index is 7.00. The van der Waals surface area contributed by atoms with Crippen molar-refractivity contribution in [1.29, 1.82) is 0 Å². The summed E-state index contributed by atoms with van der Waals surface area (Å²) in [5, 5.41) is 0. The van der Waals surface area contributed by atoms with Crippen LogP contribution in [0.15, 0.2) is 72.3 Å². The summed E-state index contributed by atoms with van der Waals surface area (Å²) in [6.45, 7) is 3.12. The summed E-state index contributed by atoms with van der Waals surface area (Å²) in [7, 11) is 4.24. The predicted molar refractivity (Wildman–Crippen MR) is 120 cm³/mol. The Morgan fingerprint density at radius 1 is 0.963 bits per heavy atom. The minimum Gasteiger partial charge on any atom is -0.699 e. The van der Waals surface area contributed by atoms with Crippen LogP contribution in [0.2, 0.25) is 0 Å². The molecular formula is C22H28Cl2N2Ti. The Labute approximate surface area is 191 Å². The van der Waals surface area contributed by atoms with Crippen molar-refractivity contribution in [2.45, 2.75) is 13.3 Å². The first-order valence-corrected chi connectivity index (χ1v) is 8.30. The monoisotopic (exact) mass is 438 g/mol. The van der Waals surface area contributed by atoms with Gasteiger partial charge in [0.1, 0.15) is 0 Å². The molecule has 0 saturated heterocycles. The molecule has 0 bridgehead atoms. The van der Waals surface area contributed by atoms with Gasteiger partial charge in [0.25, 0.3) is 0 Å². The molecule has 2 aromatic carbocycles. The molecule has 0 heterocycles. The average molecular weight is 439 g/mol. The third kappa shape index (κ3) is 9.05. The molecule has 0 spiro atoms. The molecule has 1 aliphatic rings. The van der Waals surface area contributed by atoms with Crippen molar-refractivity contribution >= 4 is 36.1 Å². The van der Waals surface area contributed by atoms with Crippen LogP contribution in [0.25, 0.3) is 11.3 Å². The number of nitrogens with one attached hydrogen (secondary N) is 1. The molecule has 5 heteroatoms. The number of benzene rings is 2. The Bertz CT molecular complexity index is 713. The smallest absolute Gasteiger partial charge is 0.699 e. The Balaban J connectivity index is 0. The summed E-state index contributed by atoms with van der Waals surface area (Å²) < 4.78 is 0. The fourth-order valence-electron chi connectivity index (χ4n) is 2.78. The van der Waals surface area contributed by atoms with E-state index in [2.05, 4.69) is 68.8 Å². The third-order valence-corrected chi connectivity index (χ3v) is 3.89. The summed E-state index contributed by atoms with van der Waals surface area (Å²) in [4.78, 5) is 2.23. The van der Waals surface area contributed by atoms with Crippen molar-refractivity contribution in [3.05, 3.63) is 95.6 Å². The molecule has 0 atom stereocenters. The zero-order valence-electron chi connectivity index (χ0n) is 16.1. The van der Waals surface area contributed by atoms with E-state index in [0.717, 1.165) is 13.0 Å². The van der Waals surface area contributed by atoms with Crippen molar-refractivity contribution in [3.63, 3.8) is 0 Å². The second-order valence-electron chi connectivity index (χ2n) is 6.09. The minimum absolute atomic E-state index is 0. The quantitative estimate of drug-likeness (QED) is 0.383. The minimum atomic E-state index is 0. The summed E-state index contributed by atoms with van der Waals surface area (Å²) in [5.74, 6) is 0. The van der Waals surface area contributed by atoms with Gasteiger partial charge in [-0.25, -0.2) is 0 Å². The van der Waals surface area contributed by atoms with Crippen LogP contribution in [0.5, 0.6) is 0 Å². The van der Waals surface area contributed by atoms with E-state index < -0.39 is 0 Å². The fraction of sp³-hybridized carbons (Fsp3) is 0.227. The van der Waals surface area contributed by atoms with Crippen LogP contribution in [-0.2, 0) is 21.7 Å². The van der Waals surface area contributed by atoms with Crippen LogP contribution in [0.1, 0.15) is 24.5 Å². The van der Waals surface area contributed by atoms with Gasteiger partial charge in [-0.15, -0.1) is 48.2 Å². The average Bonchev–Trinajstić information content (AvgIpc) is 3.03. The second kappa shape index (κ2) is 14.8. The molecule has 27 heavy (non-hydrogen) atoms. The van der Waals surface area contributed by atoms with Crippen molar-refractivity contribution in [3.8, 4) is 0 Å². The number of hydrogen-bond acceptors (Lipinski definition) is 1. The Kier molecular flexibility index (Phi) is 15.4. The van der Waals surface area contributed by atoms with E-state index in [1.54, 1.807) is 12.1 Å². The topological polar surface area (TPSA) is 27.0 Å². The van der Waals surface area contributed by atoms with Crippen LogP contribution in [0, 0.1) is 6.42 Å².